The van der Waals surface area contributed by atoms with Crippen LogP contribution in [-0.2, 0) is 4.79 Å². The van der Waals surface area contributed by atoms with Gasteiger partial charge in [-0.3, -0.25) is 9.59 Å². The zero-order valence-corrected chi connectivity index (χ0v) is 13.9. The van der Waals surface area contributed by atoms with E-state index in [1.54, 1.807) is 12.1 Å². The monoisotopic (exact) mass is 349 g/mol. The molecule has 0 bridgehead atoms. The number of pyridine rings is 1. The number of carbonyl (C=O) groups is 2. The van der Waals surface area contributed by atoms with Crippen molar-refractivity contribution in [3.05, 3.63) is 45.7 Å². The minimum atomic E-state index is -0.0981. The summed E-state index contributed by atoms with van der Waals surface area (Å²) in [5.74, 6) is 0.391. The molecule has 2 aromatic heterocycles. The molecule has 3 rings (SSSR count). The molecule has 0 aromatic carbocycles. The first-order valence-electron chi connectivity index (χ1n) is 7.37. The Labute approximate surface area is 143 Å². The van der Waals surface area contributed by atoms with Crippen molar-refractivity contribution in [2.45, 2.75) is 12.8 Å². The van der Waals surface area contributed by atoms with Gasteiger partial charge in [0.2, 0.25) is 5.91 Å². The molecule has 0 atom stereocenters. The van der Waals surface area contributed by atoms with Crippen molar-refractivity contribution in [3.8, 4) is 0 Å². The third-order valence-electron chi connectivity index (χ3n) is 3.90. The first kappa shape index (κ1) is 16.0. The molecule has 3 heterocycles. The maximum Gasteiger partial charge on any atom is 0.254 e. The number of rotatable bonds is 3. The number of anilines is 1. The Morgan fingerprint density at radius 3 is 2.65 bits per heavy atom. The summed E-state index contributed by atoms with van der Waals surface area (Å²) >= 11 is 7.28. The number of piperidine rings is 1. The number of nitrogens with one attached hydrogen (secondary N) is 1. The van der Waals surface area contributed by atoms with Crippen molar-refractivity contribution in [3.63, 3.8) is 0 Å². The average Bonchev–Trinajstić information content (AvgIpc) is 3.11. The summed E-state index contributed by atoms with van der Waals surface area (Å²) in [6.45, 7) is 1.20. The fraction of sp³-hybridized carbons (Fsp3) is 0.312. The van der Waals surface area contributed by atoms with E-state index in [4.69, 9.17) is 11.6 Å². The molecule has 0 saturated carbocycles. The van der Waals surface area contributed by atoms with Crippen molar-refractivity contribution in [2.75, 3.05) is 18.4 Å². The fourth-order valence-electron chi connectivity index (χ4n) is 2.59. The number of nitrogens with zero attached hydrogens (tertiary/aromatic N) is 2. The van der Waals surface area contributed by atoms with E-state index in [-0.39, 0.29) is 17.7 Å². The maximum absolute atomic E-state index is 12.3. The molecular formula is C16H16ClN3O2S. The Morgan fingerprint density at radius 1 is 1.26 bits per heavy atom. The lowest BCUT2D eigenvalue weighted by molar-refractivity contribution is -0.121. The van der Waals surface area contributed by atoms with Gasteiger partial charge >= 0.3 is 0 Å². The van der Waals surface area contributed by atoms with Gasteiger partial charge in [-0.05, 0) is 36.4 Å². The molecule has 0 unspecified atom stereocenters. The van der Waals surface area contributed by atoms with Crippen LogP contribution in [0.1, 0.15) is 23.2 Å². The van der Waals surface area contributed by atoms with Crippen LogP contribution in [0, 0.1) is 5.92 Å². The average molecular weight is 350 g/mol. The summed E-state index contributed by atoms with van der Waals surface area (Å²) in [6.07, 6.45) is 2.82. The Bertz CT molecular complexity index is 680. The molecule has 0 spiro atoms. The van der Waals surface area contributed by atoms with Gasteiger partial charge in [0.05, 0.1) is 10.6 Å². The smallest absolute Gasteiger partial charge is 0.254 e. The van der Waals surface area contributed by atoms with Crippen LogP contribution in [-0.4, -0.2) is 34.8 Å². The largest absolute Gasteiger partial charge is 0.339 e. The molecule has 23 heavy (non-hydrogen) atoms. The van der Waals surface area contributed by atoms with Gasteiger partial charge in [-0.1, -0.05) is 11.6 Å². The van der Waals surface area contributed by atoms with Crippen molar-refractivity contribution in [1.82, 2.24) is 9.88 Å². The molecule has 1 aliphatic rings. The van der Waals surface area contributed by atoms with Gasteiger partial charge in [0.25, 0.3) is 5.91 Å². The van der Waals surface area contributed by atoms with Crippen LogP contribution in [0.4, 0.5) is 5.82 Å². The number of likely N-dealkylation sites (tertiary alicyclic amines) is 1. The molecule has 0 radical (unpaired) electrons. The highest BCUT2D eigenvalue weighted by Crippen LogP contribution is 2.21. The molecule has 1 aliphatic heterocycles. The van der Waals surface area contributed by atoms with Gasteiger partial charge in [-0.25, -0.2) is 4.98 Å². The van der Waals surface area contributed by atoms with Crippen LogP contribution >= 0.6 is 22.9 Å². The molecule has 2 amide bonds. The third kappa shape index (κ3) is 3.89. The highest BCUT2D eigenvalue weighted by Gasteiger charge is 2.28. The molecule has 2 aromatic rings. The summed E-state index contributed by atoms with van der Waals surface area (Å²) in [7, 11) is 0. The van der Waals surface area contributed by atoms with Gasteiger partial charge in [0.15, 0.2) is 0 Å². The number of carbonyl (C=O) groups excluding carboxylic acids is 2. The van der Waals surface area contributed by atoms with Crippen LogP contribution in [0.3, 0.4) is 0 Å². The first-order chi connectivity index (χ1) is 11.1. The van der Waals surface area contributed by atoms with E-state index in [2.05, 4.69) is 10.3 Å². The molecule has 1 fully saturated rings. The molecule has 7 heteroatoms. The second-order valence-corrected chi connectivity index (χ2v) is 6.65. The third-order valence-corrected chi connectivity index (χ3v) is 4.81. The predicted molar refractivity (Wildman–Crippen MR) is 90.8 cm³/mol. The number of thiophene rings is 1. The Morgan fingerprint density at radius 2 is 2.04 bits per heavy atom. The fourth-order valence-corrected chi connectivity index (χ4v) is 3.33. The van der Waals surface area contributed by atoms with E-state index in [1.165, 1.54) is 17.5 Å². The molecule has 1 saturated heterocycles. The summed E-state index contributed by atoms with van der Waals surface area (Å²) in [5.41, 5.74) is 0.725. The Balaban J connectivity index is 1.53. The Hall–Kier alpha value is -1.92. The van der Waals surface area contributed by atoms with Crippen molar-refractivity contribution in [2.24, 2.45) is 5.92 Å². The van der Waals surface area contributed by atoms with Crippen LogP contribution in [0.2, 0.25) is 5.02 Å². The lowest BCUT2D eigenvalue weighted by atomic mass is 9.95. The first-order valence-corrected chi connectivity index (χ1v) is 8.69. The SMILES string of the molecule is O=C(Nc1ccc(Cl)cn1)C1CCN(C(=O)c2ccsc2)CC1. The lowest BCUT2D eigenvalue weighted by Crippen LogP contribution is -2.41. The highest BCUT2D eigenvalue weighted by molar-refractivity contribution is 7.08. The lowest BCUT2D eigenvalue weighted by Gasteiger charge is -2.31. The number of aromatic nitrogens is 1. The van der Waals surface area contributed by atoms with Crippen molar-refractivity contribution < 1.29 is 9.59 Å². The minimum absolute atomic E-state index is 0.0458. The molecule has 5 nitrogen and oxygen atoms in total. The quantitative estimate of drug-likeness (QED) is 0.924. The van der Waals surface area contributed by atoms with Crippen molar-refractivity contribution in [1.29, 1.82) is 0 Å². The topological polar surface area (TPSA) is 62.3 Å². The second-order valence-electron chi connectivity index (χ2n) is 5.43. The van der Waals surface area contributed by atoms with Crippen LogP contribution in [0.25, 0.3) is 0 Å². The predicted octanol–water partition coefficient (Wildman–Crippen LogP) is 3.29. The number of hydrogen-bond acceptors (Lipinski definition) is 4. The maximum atomic E-state index is 12.3. The summed E-state index contributed by atoms with van der Waals surface area (Å²) < 4.78 is 0. The number of hydrogen-bond donors (Lipinski definition) is 1. The Kier molecular flexibility index (Phi) is 4.93. The van der Waals surface area contributed by atoms with Crippen molar-refractivity contribution >= 4 is 40.6 Å². The van der Waals surface area contributed by atoms with E-state index in [9.17, 15) is 9.59 Å². The molecule has 1 N–H and O–H groups in total. The zero-order chi connectivity index (χ0) is 16.2. The van der Waals surface area contributed by atoms with Gasteiger partial charge in [-0.15, -0.1) is 0 Å². The zero-order valence-electron chi connectivity index (χ0n) is 12.4. The van der Waals surface area contributed by atoms with Crippen LogP contribution < -0.4 is 5.32 Å². The number of amides is 2. The highest BCUT2D eigenvalue weighted by atomic mass is 35.5. The molecule has 120 valence electrons. The van der Waals surface area contributed by atoms with Gasteiger partial charge < -0.3 is 10.2 Å². The number of halogens is 1. The van der Waals surface area contributed by atoms with E-state index in [0.717, 1.165) is 5.56 Å². The van der Waals surface area contributed by atoms with Gasteiger partial charge in [0.1, 0.15) is 5.82 Å². The summed E-state index contributed by atoms with van der Waals surface area (Å²) in [6, 6.07) is 5.19. The molecular weight excluding hydrogens is 334 g/mol. The van der Waals surface area contributed by atoms with Gasteiger partial charge in [0, 0.05) is 30.6 Å². The summed E-state index contributed by atoms with van der Waals surface area (Å²) in [4.78, 5) is 30.4. The molecule has 0 aliphatic carbocycles. The normalized spacial score (nSPS) is 15.4. The second kappa shape index (κ2) is 7.10. The van der Waals surface area contributed by atoms with E-state index < -0.39 is 0 Å². The van der Waals surface area contributed by atoms with E-state index in [1.807, 2.05) is 21.7 Å². The summed E-state index contributed by atoms with van der Waals surface area (Å²) in [5, 5.41) is 7.08. The minimum Gasteiger partial charge on any atom is -0.339 e. The van der Waals surface area contributed by atoms with E-state index >= 15 is 0 Å². The van der Waals surface area contributed by atoms with Gasteiger partial charge in [-0.2, -0.15) is 11.3 Å². The van der Waals surface area contributed by atoms with Crippen LogP contribution in [0.15, 0.2) is 35.2 Å². The standard InChI is InChI=1S/C16H16ClN3O2S/c17-13-1-2-14(18-9-13)19-15(21)11-3-6-20(7-4-11)16(22)12-5-8-23-10-12/h1-2,5,8-11H,3-4,6-7H2,(H,18,19,21). The van der Waals surface area contributed by atoms with E-state index in [0.29, 0.717) is 36.8 Å². The van der Waals surface area contributed by atoms with Crippen LogP contribution in [0.5, 0.6) is 0 Å².